The number of carbonyl (C=O) groups is 1. The van der Waals surface area contributed by atoms with Crippen molar-refractivity contribution in [1.82, 2.24) is 0 Å². The Bertz CT molecular complexity index is 490. The third-order valence-electron chi connectivity index (χ3n) is 2.29. The Morgan fingerprint density at radius 1 is 1.40 bits per heavy atom. The fourth-order valence-electron chi connectivity index (χ4n) is 1.42. The van der Waals surface area contributed by atoms with Gasteiger partial charge in [0.15, 0.2) is 0 Å². The van der Waals surface area contributed by atoms with E-state index in [4.69, 9.17) is 9.47 Å². The van der Waals surface area contributed by atoms with Gasteiger partial charge in [-0.2, -0.15) is 0 Å². The number of esters is 1. The Balaban J connectivity index is 2.59. The number of nitrogens with zero attached hydrogens (tertiary/aromatic N) is 1. The minimum Gasteiger partial charge on any atom is -0.459 e. The molecule has 0 bridgehead atoms. The van der Waals surface area contributed by atoms with Gasteiger partial charge in [0.1, 0.15) is 18.0 Å². The molecule has 0 saturated heterocycles. The number of nitro benzene ring substituents is 1. The van der Waals surface area contributed by atoms with Crippen LogP contribution >= 0.6 is 0 Å². The number of benzene rings is 1. The molecule has 0 fully saturated rings. The van der Waals surface area contributed by atoms with Crippen LogP contribution < -0.4 is 0 Å². The summed E-state index contributed by atoms with van der Waals surface area (Å²) in [5.41, 5.74) is -0.890. The largest absolute Gasteiger partial charge is 0.459 e. The van der Waals surface area contributed by atoms with Crippen LogP contribution in [-0.4, -0.2) is 30.7 Å². The molecule has 7 heteroatoms. The molecule has 1 rings (SSSR count). The number of carbonyl (C=O) groups excluding carboxylic acids is 1. The van der Waals surface area contributed by atoms with Gasteiger partial charge in [0, 0.05) is 12.7 Å². The highest BCUT2D eigenvalue weighted by Gasteiger charge is 2.22. The fraction of sp³-hybridized carbons (Fsp3) is 0.462. The van der Waals surface area contributed by atoms with E-state index in [9.17, 15) is 19.3 Å². The normalized spacial score (nSPS) is 10.6. The minimum atomic E-state index is -0.940. The quantitative estimate of drug-likeness (QED) is 0.333. The number of nitro groups is 1. The third-order valence-corrected chi connectivity index (χ3v) is 2.29. The lowest BCUT2D eigenvalue weighted by molar-refractivity contribution is -0.385. The van der Waals surface area contributed by atoms with E-state index in [1.165, 1.54) is 0 Å². The Morgan fingerprint density at radius 3 is 2.70 bits per heavy atom. The molecule has 0 spiro atoms. The number of halogens is 1. The van der Waals surface area contributed by atoms with Crippen molar-refractivity contribution in [3.05, 3.63) is 39.7 Å². The molecule has 0 aromatic heterocycles. The van der Waals surface area contributed by atoms with Crippen molar-refractivity contribution in [2.45, 2.75) is 13.8 Å². The summed E-state index contributed by atoms with van der Waals surface area (Å²) in [4.78, 5) is 21.7. The molecule has 20 heavy (non-hydrogen) atoms. The smallest absolute Gasteiger partial charge is 0.345 e. The maximum atomic E-state index is 13.0. The van der Waals surface area contributed by atoms with Crippen LogP contribution in [0.3, 0.4) is 0 Å². The maximum Gasteiger partial charge on any atom is 0.345 e. The molecule has 0 radical (unpaired) electrons. The SMILES string of the molecule is CC(C)COCCOC(=O)c1cc(F)ccc1[N+](=O)[O-]. The molecule has 6 nitrogen and oxygen atoms in total. The van der Waals surface area contributed by atoms with Crippen LogP contribution in [-0.2, 0) is 9.47 Å². The van der Waals surface area contributed by atoms with Crippen LogP contribution in [0, 0.1) is 21.8 Å². The van der Waals surface area contributed by atoms with Crippen molar-refractivity contribution >= 4 is 11.7 Å². The predicted octanol–water partition coefficient (Wildman–Crippen LogP) is 2.56. The van der Waals surface area contributed by atoms with E-state index in [2.05, 4.69) is 0 Å². The Morgan fingerprint density at radius 2 is 2.10 bits per heavy atom. The van der Waals surface area contributed by atoms with Crippen LogP contribution in [0.2, 0.25) is 0 Å². The minimum absolute atomic E-state index is 0.0424. The van der Waals surface area contributed by atoms with Crippen molar-refractivity contribution < 1.29 is 23.6 Å². The van der Waals surface area contributed by atoms with E-state index in [-0.39, 0.29) is 13.2 Å². The second-order valence-electron chi connectivity index (χ2n) is 4.52. The molecule has 0 aliphatic heterocycles. The van der Waals surface area contributed by atoms with Crippen molar-refractivity contribution in [3.63, 3.8) is 0 Å². The predicted molar refractivity (Wildman–Crippen MR) is 69.0 cm³/mol. The van der Waals surface area contributed by atoms with Gasteiger partial charge < -0.3 is 9.47 Å². The van der Waals surface area contributed by atoms with Gasteiger partial charge in [-0.05, 0) is 18.1 Å². The van der Waals surface area contributed by atoms with Crippen LogP contribution in [0.1, 0.15) is 24.2 Å². The van der Waals surface area contributed by atoms with Gasteiger partial charge in [-0.3, -0.25) is 10.1 Å². The molecule has 110 valence electrons. The van der Waals surface area contributed by atoms with Crippen molar-refractivity contribution in [1.29, 1.82) is 0 Å². The summed E-state index contributed by atoms with van der Waals surface area (Å²) in [6, 6.07) is 2.64. The first-order valence-electron chi connectivity index (χ1n) is 6.10. The summed E-state index contributed by atoms with van der Waals surface area (Å²) in [5.74, 6) is -1.32. The molecular weight excluding hydrogens is 269 g/mol. The molecule has 0 atom stereocenters. The summed E-state index contributed by atoms with van der Waals surface area (Å²) in [6.45, 7) is 4.62. The van der Waals surface area contributed by atoms with Crippen molar-refractivity contribution in [2.75, 3.05) is 19.8 Å². The van der Waals surface area contributed by atoms with Gasteiger partial charge in [0.2, 0.25) is 0 Å². The zero-order chi connectivity index (χ0) is 15.1. The highest BCUT2D eigenvalue weighted by molar-refractivity contribution is 5.93. The van der Waals surface area contributed by atoms with Crippen LogP contribution in [0.4, 0.5) is 10.1 Å². The summed E-state index contributed by atoms with van der Waals surface area (Å²) in [7, 11) is 0. The van der Waals surface area contributed by atoms with E-state index in [0.717, 1.165) is 18.2 Å². The second kappa shape index (κ2) is 7.54. The first-order valence-corrected chi connectivity index (χ1v) is 6.10. The zero-order valence-corrected chi connectivity index (χ0v) is 11.3. The molecule has 0 heterocycles. The van der Waals surface area contributed by atoms with Gasteiger partial charge in [0.05, 0.1) is 11.5 Å². The Labute approximate surface area is 115 Å². The summed E-state index contributed by atoms with van der Waals surface area (Å²) in [6.07, 6.45) is 0. The topological polar surface area (TPSA) is 78.7 Å². The average Bonchev–Trinajstić information content (AvgIpc) is 2.37. The van der Waals surface area contributed by atoms with Crippen LogP contribution in [0.5, 0.6) is 0 Å². The number of hydrogen-bond donors (Lipinski definition) is 0. The first-order chi connectivity index (χ1) is 9.41. The van der Waals surface area contributed by atoms with Gasteiger partial charge in [-0.1, -0.05) is 13.8 Å². The number of ether oxygens (including phenoxy) is 2. The molecule has 0 amide bonds. The molecule has 0 aliphatic carbocycles. The zero-order valence-electron chi connectivity index (χ0n) is 11.3. The Kier molecular flexibility index (Phi) is 6.05. The van der Waals surface area contributed by atoms with E-state index in [0.29, 0.717) is 12.5 Å². The molecule has 1 aromatic rings. The lowest BCUT2D eigenvalue weighted by atomic mass is 10.2. The third kappa shape index (κ3) is 4.93. The average molecular weight is 285 g/mol. The molecule has 0 N–H and O–H groups in total. The monoisotopic (exact) mass is 285 g/mol. The van der Waals surface area contributed by atoms with Crippen LogP contribution in [0.25, 0.3) is 0 Å². The summed E-state index contributed by atoms with van der Waals surface area (Å²) >= 11 is 0. The molecule has 0 saturated carbocycles. The molecular formula is C13H16FNO5. The molecule has 1 aromatic carbocycles. The van der Waals surface area contributed by atoms with Gasteiger partial charge >= 0.3 is 5.97 Å². The molecule has 0 aliphatic rings. The van der Waals surface area contributed by atoms with E-state index < -0.39 is 28.0 Å². The maximum absolute atomic E-state index is 13.0. The van der Waals surface area contributed by atoms with Gasteiger partial charge in [-0.15, -0.1) is 0 Å². The second-order valence-corrected chi connectivity index (χ2v) is 4.52. The summed E-state index contributed by atoms with van der Waals surface area (Å²) in [5, 5.41) is 10.7. The first kappa shape index (κ1) is 16.0. The van der Waals surface area contributed by atoms with E-state index in [1.54, 1.807) is 0 Å². The Hall–Kier alpha value is -2.02. The van der Waals surface area contributed by atoms with E-state index >= 15 is 0 Å². The van der Waals surface area contributed by atoms with Gasteiger partial charge in [0.25, 0.3) is 5.69 Å². The standard InChI is InChI=1S/C13H16FNO5/c1-9(2)8-19-5-6-20-13(16)11-7-10(14)3-4-12(11)15(17)18/h3-4,7,9H,5-6,8H2,1-2H3. The highest BCUT2D eigenvalue weighted by Crippen LogP contribution is 2.20. The van der Waals surface area contributed by atoms with Crippen molar-refractivity contribution in [2.24, 2.45) is 5.92 Å². The van der Waals surface area contributed by atoms with Gasteiger partial charge in [-0.25, -0.2) is 9.18 Å². The lowest BCUT2D eigenvalue weighted by Gasteiger charge is -2.08. The fourth-order valence-corrected chi connectivity index (χ4v) is 1.42. The lowest BCUT2D eigenvalue weighted by Crippen LogP contribution is -2.14. The number of rotatable bonds is 7. The van der Waals surface area contributed by atoms with Crippen LogP contribution in [0.15, 0.2) is 18.2 Å². The molecule has 0 unspecified atom stereocenters. The number of hydrogen-bond acceptors (Lipinski definition) is 5. The van der Waals surface area contributed by atoms with E-state index in [1.807, 2.05) is 13.8 Å². The van der Waals surface area contributed by atoms with Crippen molar-refractivity contribution in [3.8, 4) is 0 Å². The highest BCUT2D eigenvalue weighted by atomic mass is 19.1. The summed E-state index contributed by atoms with van der Waals surface area (Å²) < 4.78 is 23.1.